The smallest absolute Gasteiger partial charge is 0.299 e. The first-order chi connectivity index (χ1) is 10.7. The molecule has 0 radical (unpaired) electrons. The van der Waals surface area contributed by atoms with Gasteiger partial charge in [-0.1, -0.05) is 27.7 Å². The molecule has 2 aromatic heterocycles. The minimum absolute atomic E-state index is 0.000704. The van der Waals surface area contributed by atoms with Crippen molar-refractivity contribution in [1.29, 1.82) is 5.26 Å². The predicted molar refractivity (Wildman–Crippen MR) is 95.8 cm³/mol. The summed E-state index contributed by atoms with van der Waals surface area (Å²) in [6, 6.07) is 9.87. The number of carbonyl (C=O) groups excluding carboxylic acids is 1. The van der Waals surface area contributed by atoms with E-state index in [9.17, 15) is 4.79 Å². The lowest BCUT2D eigenvalue weighted by Gasteiger charge is -1.91. The topological polar surface area (TPSA) is 50.1 Å². The molecule has 0 aliphatic rings. The summed E-state index contributed by atoms with van der Waals surface area (Å²) in [5.41, 5.74) is 0. The average Bonchev–Trinajstić information content (AvgIpc) is 3.19. The molecule has 118 valence electrons. The number of allylic oxidation sites excluding steroid dienone is 1. The van der Waals surface area contributed by atoms with Crippen LogP contribution in [0.15, 0.2) is 30.0 Å². The van der Waals surface area contributed by atoms with E-state index < -0.39 is 0 Å². The van der Waals surface area contributed by atoms with Crippen LogP contribution >= 0.6 is 22.7 Å². The zero-order chi connectivity index (χ0) is 17.0. The number of nitriles is 1. The molecule has 22 heavy (non-hydrogen) atoms. The molecular weight excluding hydrogens is 314 g/mol. The molecule has 2 aromatic rings. The normalized spacial score (nSPS) is 9.55. The first-order valence-electron chi connectivity index (χ1n) is 7.11. The van der Waals surface area contributed by atoms with Crippen LogP contribution in [0.25, 0.3) is 15.8 Å². The monoisotopic (exact) mass is 335 g/mol. The van der Waals surface area contributed by atoms with Gasteiger partial charge in [-0.2, -0.15) is 5.26 Å². The van der Waals surface area contributed by atoms with Gasteiger partial charge in [0.15, 0.2) is 0 Å². The summed E-state index contributed by atoms with van der Waals surface area (Å²) in [4.78, 5) is 14.7. The number of nitrogens with zero attached hydrogens (tertiary/aromatic N) is 1. The van der Waals surface area contributed by atoms with Gasteiger partial charge in [0.2, 0.25) is 5.76 Å². The standard InChI is InChI=1S/C13H9NO2S2.2C2H6/c1-9-2-4-12(17-9)13-5-3-11(18-13)6-10(7-14)16-8-15;2*1-2/h2-6,8H,1H3;2*1-2H3. The molecule has 2 rings (SSSR count). The van der Waals surface area contributed by atoms with Gasteiger partial charge < -0.3 is 4.74 Å². The summed E-state index contributed by atoms with van der Waals surface area (Å²) in [5, 5.41) is 8.75. The van der Waals surface area contributed by atoms with E-state index in [1.165, 1.54) is 9.75 Å². The molecule has 0 atom stereocenters. The number of carbonyl (C=O) groups is 1. The van der Waals surface area contributed by atoms with Crippen LogP contribution in [-0.4, -0.2) is 6.47 Å². The van der Waals surface area contributed by atoms with Crippen molar-refractivity contribution in [2.45, 2.75) is 34.6 Å². The van der Waals surface area contributed by atoms with Crippen molar-refractivity contribution in [3.8, 4) is 15.8 Å². The molecule has 5 heteroatoms. The Labute approximate surface area is 140 Å². The maximum absolute atomic E-state index is 10.2. The van der Waals surface area contributed by atoms with E-state index in [0.717, 1.165) is 9.75 Å². The first kappa shape index (κ1) is 20.1. The Hall–Kier alpha value is -1.90. The molecule has 0 aliphatic heterocycles. The highest BCUT2D eigenvalue weighted by Gasteiger charge is 2.05. The fourth-order valence-electron chi connectivity index (χ4n) is 1.40. The van der Waals surface area contributed by atoms with E-state index >= 15 is 0 Å². The summed E-state index contributed by atoms with van der Waals surface area (Å²) in [5.74, 6) is 0.000704. The van der Waals surface area contributed by atoms with E-state index in [1.807, 2.05) is 45.9 Å². The van der Waals surface area contributed by atoms with Crippen LogP contribution in [-0.2, 0) is 9.53 Å². The molecule has 0 fully saturated rings. The van der Waals surface area contributed by atoms with Gasteiger partial charge in [0.1, 0.15) is 6.07 Å². The largest absolute Gasteiger partial charge is 0.417 e. The summed E-state index contributed by atoms with van der Waals surface area (Å²) >= 11 is 3.28. The van der Waals surface area contributed by atoms with Crippen molar-refractivity contribution < 1.29 is 9.53 Å². The molecule has 0 unspecified atom stereocenters. The second-order valence-corrected chi connectivity index (χ2v) is 5.85. The van der Waals surface area contributed by atoms with Gasteiger partial charge in [-0.25, -0.2) is 0 Å². The summed E-state index contributed by atoms with van der Waals surface area (Å²) in [6.07, 6.45) is 1.56. The molecule has 3 nitrogen and oxygen atoms in total. The van der Waals surface area contributed by atoms with Gasteiger partial charge in [0, 0.05) is 25.6 Å². The van der Waals surface area contributed by atoms with Gasteiger partial charge in [-0.05, 0) is 31.2 Å². The van der Waals surface area contributed by atoms with E-state index in [0.29, 0.717) is 0 Å². The summed E-state index contributed by atoms with van der Waals surface area (Å²) in [6.45, 7) is 10.3. The fourth-order valence-corrected chi connectivity index (χ4v) is 3.30. The number of aryl methyl sites for hydroxylation is 1. The Kier molecular flexibility index (Phi) is 10.7. The highest BCUT2D eigenvalue weighted by molar-refractivity contribution is 7.22. The van der Waals surface area contributed by atoms with Crippen molar-refractivity contribution in [1.82, 2.24) is 0 Å². The highest BCUT2D eigenvalue weighted by atomic mass is 32.1. The first-order valence-corrected chi connectivity index (χ1v) is 8.75. The molecule has 0 saturated carbocycles. The molecule has 0 aliphatic carbocycles. The van der Waals surface area contributed by atoms with Gasteiger partial charge in [0.25, 0.3) is 6.47 Å². The second-order valence-electron chi connectivity index (χ2n) is 3.45. The molecule has 0 aromatic carbocycles. The van der Waals surface area contributed by atoms with Crippen molar-refractivity contribution >= 4 is 35.2 Å². The van der Waals surface area contributed by atoms with Crippen molar-refractivity contribution in [2.24, 2.45) is 0 Å². The zero-order valence-electron chi connectivity index (χ0n) is 13.5. The summed E-state index contributed by atoms with van der Waals surface area (Å²) < 4.78 is 4.54. The minimum Gasteiger partial charge on any atom is -0.417 e. The third kappa shape index (κ3) is 6.25. The van der Waals surface area contributed by atoms with Crippen LogP contribution < -0.4 is 0 Å². The molecule has 0 amide bonds. The Bertz CT molecular complexity index is 633. The second kappa shape index (κ2) is 11.7. The molecule has 0 saturated heterocycles. The van der Waals surface area contributed by atoms with Crippen LogP contribution in [0.4, 0.5) is 0 Å². The number of thiophene rings is 2. The van der Waals surface area contributed by atoms with Crippen molar-refractivity contribution in [2.75, 3.05) is 0 Å². The van der Waals surface area contributed by atoms with E-state index in [1.54, 1.807) is 28.7 Å². The minimum atomic E-state index is 0.000704. The van der Waals surface area contributed by atoms with Crippen LogP contribution in [0.5, 0.6) is 0 Å². The SMILES string of the molecule is CC.CC.Cc1ccc(-c2ccc(C=C(C#N)OC=O)s2)s1. The maximum Gasteiger partial charge on any atom is 0.299 e. The van der Waals surface area contributed by atoms with Gasteiger partial charge in [0.05, 0.1) is 0 Å². The number of hydrogen-bond acceptors (Lipinski definition) is 5. The van der Waals surface area contributed by atoms with Crippen molar-refractivity contribution in [3.63, 3.8) is 0 Å². The third-order valence-corrected chi connectivity index (χ3v) is 4.40. The lowest BCUT2D eigenvalue weighted by molar-refractivity contribution is -0.124. The van der Waals surface area contributed by atoms with E-state index in [4.69, 9.17) is 5.26 Å². The number of hydrogen-bond donors (Lipinski definition) is 0. The molecule has 0 bridgehead atoms. The maximum atomic E-state index is 10.2. The molecule has 2 heterocycles. The van der Waals surface area contributed by atoms with E-state index in [-0.39, 0.29) is 12.2 Å². The molecule has 0 N–H and O–H groups in total. The van der Waals surface area contributed by atoms with Crippen LogP contribution in [0, 0.1) is 18.3 Å². The van der Waals surface area contributed by atoms with Gasteiger partial charge in [-0.3, -0.25) is 4.79 Å². The van der Waals surface area contributed by atoms with Crippen molar-refractivity contribution in [3.05, 3.63) is 39.8 Å². The Morgan fingerprint density at radius 1 is 1.09 bits per heavy atom. The van der Waals surface area contributed by atoms with Crippen LogP contribution in [0.1, 0.15) is 37.4 Å². The lowest BCUT2D eigenvalue weighted by Crippen LogP contribution is -1.84. The van der Waals surface area contributed by atoms with E-state index in [2.05, 4.69) is 23.8 Å². The summed E-state index contributed by atoms with van der Waals surface area (Å²) in [7, 11) is 0. The predicted octanol–water partition coefficient (Wildman–Crippen LogP) is 5.87. The lowest BCUT2D eigenvalue weighted by atomic mass is 10.3. The van der Waals surface area contributed by atoms with Crippen LogP contribution in [0.3, 0.4) is 0 Å². The van der Waals surface area contributed by atoms with Gasteiger partial charge >= 0.3 is 0 Å². The highest BCUT2D eigenvalue weighted by Crippen LogP contribution is 2.34. The van der Waals surface area contributed by atoms with Crippen LogP contribution in [0.2, 0.25) is 0 Å². The Morgan fingerprint density at radius 3 is 2.18 bits per heavy atom. The van der Waals surface area contributed by atoms with Gasteiger partial charge in [-0.15, -0.1) is 22.7 Å². The fraction of sp³-hybridized carbons (Fsp3) is 0.294. The quantitative estimate of drug-likeness (QED) is 0.398. The zero-order valence-corrected chi connectivity index (χ0v) is 15.2. The molecular formula is C17H21NO2S2. The Balaban J connectivity index is 0.00000102. The Morgan fingerprint density at radius 2 is 1.68 bits per heavy atom. The average molecular weight is 335 g/mol. The third-order valence-electron chi connectivity index (χ3n) is 2.17. The number of ether oxygens (including phenoxy) is 1. The molecule has 0 spiro atoms. The number of rotatable bonds is 4.